The molecule has 0 spiro atoms. The van der Waals surface area contributed by atoms with Crippen molar-refractivity contribution in [1.29, 1.82) is 0 Å². The number of nitrogens with zero attached hydrogens (tertiary/aromatic N) is 2. The molecule has 20 heavy (non-hydrogen) atoms. The summed E-state index contributed by atoms with van der Waals surface area (Å²) >= 11 is 6.89. The molecule has 0 aliphatic rings. The summed E-state index contributed by atoms with van der Waals surface area (Å²) in [6.07, 6.45) is 3.58. The third-order valence-electron chi connectivity index (χ3n) is 2.91. The first-order valence-electron chi connectivity index (χ1n) is 6.07. The first-order chi connectivity index (χ1) is 9.74. The number of hydrogen-bond donors (Lipinski definition) is 0. The van der Waals surface area contributed by atoms with Gasteiger partial charge in [0.1, 0.15) is 0 Å². The minimum atomic E-state index is 0.861. The highest BCUT2D eigenvalue weighted by atomic mass is 79.9. The first kappa shape index (κ1) is 13.5. The Balaban J connectivity index is 2.19. The van der Waals surface area contributed by atoms with Crippen LogP contribution in [0.4, 0.5) is 0 Å². The van der Waals surface area contributed by atoms with Crippen molar-refractivity contribution in [2.24, 2.45) is 0 Å². The average molecular weight is 390 g/mol. The molecule has 4 heteroatoms. The second-order valence-electron chi connectivity index (χ2n) is 4.28. The summed E-state index contributed by atoms with van der Waals surface area (Å²) in [5, 5.41) is 0. The smallest absolute Gasteiger partial charge is 0.0965 e. The van der Waals surface area contributed by atoms with Crippen molar-refractivity contribution in [3.8, 4) is 22.5 Å². The van der Waals surface area contributed by atoms with Gasteiger partial charge in [0, 0.05) is 26.9 Å². The zero-order chi connectivity index (χ0) is 13.9. The highest BCUT2D eigenvalue weighted by Crippen LogP contribution is 2.31. The molecule has 0 aliphatic carbocycles. The van der Waals surface area contributed by atoms with Gasteiger partial charge in [-0.1, -0.05) is 30.3 Å². The van der Waals surface area contributed by atoms with E-state index in [1.54, 1.807) is 12.4 Å². The number of hydrogen-bond acceptors (Lipinski definition) is 2. The van der Waals surface area contributed by atoms with Crippen LogP contribution in [0, 0.1) is 0 Å². The van der Waals surface area contributed by atoms with Crippen molar-refractivity contribution in [2.75, 3.05) is 0 Å². The van der Waals surface area contributed by atoms with E-state index in [9.17, 15) is 0 Å². The fourth-order valence-electron chi connectivity index (χ4n) is 2.00. The van der Waals surface area contributed by atoms with Crippen LogP contribution < -0.4 is 0 Å². The minimum Gasteiger partial charge on any atom is -0.253 e. The Hall–Kier alpha value is -1.52. The molecule has 2 heterocycles. The summed E-state index contributed by atoms with van der Waals surface area (Å²) in [4.78, 5) is 8.97. The van der Waals surface area contributed by atoms with Crippen LogP contribution in [0.25, 0.3) is 22.5 Å². The van der Waals surface area contributed by atoms with Gasteiger partial charge in [-0.05, 0) is 55.6 Å². The van der Waals surface area contributed by atoms with E-state index >= 15 is 0 Å². The van der Waals surface area contributed by atoms with Gasteiger partial charge in [-0.2, -0.15) is 0 Å². The predicted molar refractivity (Wildman–Crippen MR) is 88.3 cm³/mol. The summed E-state index contributed by atoms with van der Waals surface area (Å²) in [7, 11) is 0. The zero-order valence-corrected chi connectivity index (χ0v) is 13.6. The molecule has 0 bridgehead atoms. The quantitative estimate of drug-likeness (QED) is 0.591. The standard InChI is InChI=1S/C16H10Br2N2/c17-12-6-7-15(19-9-12)16-14(8-13(18)10-20-16)11-4-2-1-3-5-11/h1-10H. The molecule has 2 nitrogen and oxygen atoms in total. The molecular weight excluding hydrogens is 380 g/mol. The maximum Gasteiger partial charge on any atom is 0.0965 e. The van der Waals surface area contributed by atoms with Crippen LogP contribution >= 0.6 is 31.9 Å². The number of rotatable bonds is 2. The van der Waals surface area contributed by atoms with Gasteiger partial charge in [0.25, 0.3) is 0 Å². The van der Waals surface area contributed by atoms with Crippen LogP contribution in [-0.2, 0) is 0 Å². The molecule has 0 atom stereocenters. The lowest BCUT2D eigenvalue weighted by atomic mass is 10.0. The van der Waals surface area contributed by atoms with Gasteiger partial charge in [0.05, 0.1) is 11.4 Å². The topological polar surface area (TPSA) is 25.8 Å². The molecule has 0 saturated heterocycles. The van der Waals surface area contributed by atoms with E-state index in [0.717, 1.165) is 31.5 Å². The van der Waals surface area contributed by atoms with Gasteiger partial charge < -0.3 is 0 Å². The molecule has 0 amide bonds. The second-order valence-corrected chi connectivity index (χ2v) is 6.11. The fourth-order valence-corrected chi connectivity index (χ4v) is 2.56. The number of aromatic nitrogens is 2. The van der Waals surface area contributed by atoms with Crippen LogP contribution in [0.2, 0.25) is 0 Å². The summed E-state index contributed by atoms with van der Waals surface area (Å²) in [5.41, 5.74) is 3.93. The third kappa shape index (κ3) is 2.81. The maximum absolute atomic E-state index is 4.53. The average Bonchev–Trinajstić information content (AvgIpc) is 2.49. The van der Waals surface area contributed by atoms with Gasteiger partial charge in [-0.15, -0.1) is 0 Å². The van der Waals surface area contributed by atoms with Gasteiger partial charge in [-0.3, -0.25) is 9.97 Å². The lowest BCUT2D eigenvalue weighted by molar-refractivity contribution is 1.23. The number of benzene rings is 1. The Kier molecular flexibility index (Phi) is 3.94. The summed E-state index contributed by atoms with van der Waals surface area (Å²) in [6, 6.07) is 16.2. The largest absolute Gasteiger partial charge is 0.253 e. The van der Waals surface area contributed by atoms with E-state index < -0.39 is 0 Å². The molecule has 0 unspecified atom stereocenters. The molecule has 1 aromatic carbocycles. The molecule has 0 aliphatic heterocycles. The Morgan fingerprint density at radius 1 is 0.750 bits per heavy atom. The number of halogens is 2. The van der Waals surface area contributed by atoms with Crippen molar-refractivity contribution < 1.29 is 0 Å². The van der Waals surface area contributed by atoms with Crippen LogP contribution in [0.15, 0.2) is 69.9 Å². The lowest BCUT2D eigenvalue weighted by Crippen LogP contribution is -1.91. The zero-order valence-electron chi connectivity index (χ0n) is 10.4. The van der Waals surface area contributed by atoms with Crippen LogP contribution in [-0.4, -0.2) is 9.97 Å². The molecule has 0 radical (unpaired) electrons. The molecule has 98 valence electrons. The Labute approximate surface area is 134 Å². The van der Waals surface area contributed by atoms with Gasteiger partial charge in [-0.25, -0.2) is 0 Å². The highest BCUT2D eigenvalue weighted by Gasteiger charge is 2.10. The van der Waals surface area contributed by atoms with Crippen LogP contribution in [0.1, 0.15) is 0 Å². The Morgan fingerprint density at radius 2 is 1.50 bits per heavy atom. The summed E-state index contributed by atoms with van der Waals surface area (Å²) < 4.78 is 1.91. The SMILES string of the molecule is Brc1ccc(-c2ncc(Br)cc2-c2ccccc2)nc1. The number of pyridine rings is 2. The van der Waals surface area contributed by atoms with E-state index in [-0.39, 0.29) is 0 Å². The van der Waals surface area contributed by atoms with Gasteiger partial charge in [0.2, 0.25) is 0 Å². The fraction of sp³-hybridized carbons (Fsp3) is 0. The first-order valence-corrected chi connectivity index (χ1v) is 7.65. The van der Waals surface area contributed by atoms with E-state index in [0.29, 0.717) is 0 Å². The van der Waals surface area contributed by atoms with Gasteiger partial charge >= 0.3 is 0 Å². The Bertz CT molecular complexity index is 725. The van der Waals surface area contributed by atoms with E-state index in [1.165, 1.54) is 0 Å². The molecule has 3 aromatic rings. The second kappa shape index (κ2) is 5.85. The normalized spacial score (nSPS) is 10.5. The summed E-state index contributed by atoms with van der Waals surface area (Å²) in [5.74, 6) is 0. The summed E-state index contributed by atoms with van der Waals surface area (Å²) in [6.45, 7) is 0. The van der Waals surface area contributed by atoms with Crippen molar-refractivity contribution >= 4 is 31.9 Å². The predicted octanol–water partition coefficient (Wildman–Crippen LogP) is 5.34. The van der Waals surface area contributed by atoms with Crippen molar-refractivity contribution in [3.05, 3.63) is 69.9 Å². The van der Waals surface area contributed by atoms with E-state index in [1.807, 2.05) is 30.3 Å². The van der Waals surface area contributed by atoms with Crippen molar-refractivity contribution in [3.63, 3.8) is 0 Å². The lowest BCUT2D eigenvalue weighted by Gasteiger charge is -2.09. The maximum atomic E-state index is 4.53. The highest BCUT2D eigenvalue weighted by molar-refractivity contribution is 9.10. The minimum absolute atomic E-state index is 0.861. The van der Waals surface area contributed by atoms with E-state index in [2.05, 4.69) is 60.0 Å². The van der Waals surface area contributed by atoms with Crippen LogP contribution in [0.3, 0.4) is 0 Å². The molecule has 0 saturated carbocycles. The van der Waals surface area contributed by atoms with Crippen LogP contribution in [0.5, 0.6) is 0 Å². The third-order valence-corrected chi connectivity index (χ3v) is 3.81. The van der Waals surface area contributed by atoms with Crippen molar-refractivity contribution in [1.82, 2.24) is 9.97 Å². The molecular formula is C16H10Br2N2. The molecule has 2 aromatic heterocycles. The Morgan fingerprint density at radius 3 is 2.20 bits per heavy atom. The monoisotopic (exact) mass is 388 g/mol. The van der Waals surface area contributed by atoms with Crippen molar-refractivity contribution in [2.45, 2.75) is 0 Å². The molecule has 3 rings (SSSR count). The molecule has 0 N–H and O–H groups in total. The van der Waals surface area contributed by atoms with E-state index in [4.69, 9.17) is 0 Å². The van der Waals surface area contributed by atoms with Gasteiger partial charge in [0.15, 0.2) is 0 Å². The molecule has 0 fully saturated rings.